The van der Waals surface area contributed by atoms with Crippen LogP contribution in [-0.2, 0) is 11.2 Å². The first-order valence-electron chi connectivity index (χ1n) is 3.05. The fraction of sp³-hybridized carbons (Fsp3) is 0.125. The number of benzene rings is 1. The van der Waals surface area contributed by atoms with Crippen LogP contribution >= 0.6 is 0 Å². The maximum Gasteiger partial charge on any atom is 0.307 e. The van der Waals surface area contributed by atoms with Gasteiger partial charge in [0.2, 0.25) is 0 Å². The van der Waals surface area contributed by atoms with Gasteiger partial charge in [-0.3, -0.25) is 4.79 Å². The Morgan fingerprint density at radius 2 is 1.82 bits per heavy atom. The van der Waals surface area contributed by atoms with Gasteiger partial charge in [-0.2, -0.15) is 0 Å². The van der Waals surface area contributed by atoms with Crippen molar-refractivity contribution < 1.29 is 45.5 Å². The van der Waals surface area contributed by atoms with E-state index in [0.29, 0.717) is 0 Å². The summed E-state index contributed by atoms with van der Waals surface area (Å²) in [7, 11) is 0. The molecule has 0 spiro atoms. The van der Waals surface area contributed by atoms with Gasteiger partial charge in [0.05, 0.1) is 6.42 Å². The molecule has 0 atom stereocenters. The quantitative estimate of drug-likeness (QED) is 0.883. The molecule has 55 valence electrons. The summed E-state index contributed by atoms with van der Waals surface area (Å²) in [6, 6.07) is 9.13. The average Bonchev–Trinajstić information content (AvgIpc) is 1.88. The van der Waals surface area contributed by atoms with Crippen molar-refractivity contribution in [2.45, 2.75) is 6.42 Å². The normalized spacial score (nSPS) is 8.36. The van der Waals surface area contributed by atoms with E-state index in [2.05, 4.69) is 0 Å². The van der Waals surface area contributed by atoms with Crippen LogP contribution in [0.3, 0.4) is 0 Å². The van der Waals surface area contributed by atoms with Crippen LogP contribution in [0.5, 0.6) is 0 Å². The van der Waals surface area contributed by atoms with Crippen LogP contribution in [0.25, 0.3) is 0 Å². The van der Waals surface area contributed by atoms with E-state index in [9.17, 15) is 4.79 Å². The van der Waals surface area contributed by atoms with E-state index in [1.54, 1.807) is 12.1 Å². The molecule has 1 rings (SSSR count). The number of hydrogen-bond acceptors (Lipinski definition) is 1. The van der Waals surface area contributed by atoms with E-state index in [4.69, 9.17) is 5.11 Å². The van der Waals surface area contributed by atoms with E-state index in [1.165, 1.54) is 0 Å². The fourth-order valence-electron chi connectivity index (χ4n) is 0.770. The molecule has 1 aromatic carbocycles. The van der Waals surface area contributed by atoms with Gasteiger partial charge in [-0.15, -0.1) is 0 Å². The van der Waals surface area contributed by atoms with Crippen LogP contribution in [0.2, 0.25) is 0 Å². The Morgan fingerprint density at radius 1 is 1.27 bits per heavy atom. The van der Waals surface area contributed by atoms with E-state index < -0.39 is 5.97 Å². The minimum Gasteiger partial charge on any atom is -0.481 e. The molecule has 0 heterocycles. The molecule has 0 aromatic heterocycles. The van der Waals surface area contributed by atoms with Gasteiger partial charge in [-0.25, -0.2) is 0 Å². The second-order valence-corrected chi connectivity index (χ2v) is 2.06. The van der Waals surface area contributed by atoms with Crippen molar-refractivity contribution in [1.82, 2.24) is 0 Å². The van der Waals surface area contributed by atoms with E-state index in [0.717, 1.165) is 5.56 Å². The van der Waals surface area contributed by atoms with Crippen molar-refractivity contribution in [2.24, 2.45) is 0 Å². The Kier molecular flexibility index (Phi) is 5.47. The molecule has 3 heteroatoms. The molecule has 2 nitrogen and oxygen atoms in total. The van der Waals surface area contributed by atoms with Gasteiger partial charge in [0, 0.05) is 35.6 Å². The Balaban J connectivity index is 0.000001000. The zero-order valence-electron chi connectivity index (χ0n) is 6.03. The number of hydrogen-bond donors (Lipinski definition) is 1. The van der Waals surface area contributed by atoms with Crippen LogP contribution in [0.15, 0.2) is 30.3 Å². The molecule has 1 N–H and O–H groups in total. The summed E-state index contributed by atoms with van der Waals surface area (Å²) in [4.78, 5) is 10.2. The SMILES string of the molecule is O=C(O)Cc1ccccc1.[La]. The molecular formula is C8H8LaO2. The van der Waals surface area contributed by atoms with Crippen molar-refractivity contribution >= 4 is 5.97 Å². The van der Waals surface area contributed by atoms with E-state index in [-0.39, 0.29) is 42.0 Å². The summed E-state index contributed by atoms with van der Waals surface area (Å²) in [5, 5.41) is 8.37. The molecule has 1 radical (unpaired) electrons. The molecule has 0 fully saturated rings. The molecule has 0 amide bonds. The number of carboxylic acid groups (broad SMARTS) is 1. The third kappa shape index (κ3) is 4.35. The summed E-state index contributed by atoms with van der Waals surface area (Å²) in [5.74, 6) is -0.786. The first-order valence-corrected chi connectivity index (χ1v) is 3.05. The Labute approximate surface area is 93.2 Å². The first-order chi connectivity index (χ1) is 4.79. The number of rotatable bonds is 2. The van der Waals surface area contributed by atoms with Crippen LogP contribution in [0.4, 0.5) is 0 Å². The number of carboxylic acids is 1. The molecule has 0 aliphatic rings. The molecule has 0 bridgehead atoms. The monoisotopic (exact) mass is 275 g/mol. The Morgan fingerprint density at radius 3 is 2.27 bits per heavy atom. The summed E-state index contributed by atoms with van der Waals surface area (Å²) in [5.41, 5.74) is 0.843. The Bertz CT molecular complexity index is 221. The van der Waals surface area contributed by atoms with E-state index in [1.807, 2.05) is 18.2 Å². The van der Waals surface area contributed by atoms with Gasteiger partial charge in [-0.05, 0) is 5.56 Å². The molecular weight excluding hydrogens is 267 g/mol. The Hall–Kier alpha value is -0.115. The smallest absolute Gasteiger partial charge is 0.307 e. The van der Waals surface area contributed by atoms with E-state index >= 15 is 0 Å². The maximum atomic E-state index is 10.2. The van der Waals surface area contributed by atoms with Crippen molar-refractivity contribution in [3.05, 3.63) is 35.9 Å². The number of carbonyl (C=O) groups is 1. The van der Waals surface area contributed by atoms with Crippen molar-refractivity contribution in [3.8, 4) is 0 Å². The summed E-state index contributed by atoms with van der Waals surface area (Å²) < 4.78 is 0. The average molecular weight is 275 g/mol. The summed E-state index contributed by atoms with van der Waals surface area (Å²) in [6.45, 7) is 0. The summed E-state index contributed by atoms with van der Waals surface area (Å²) >= 11 is 0. The molecule has 0 saturated heterocycles. The van der Waals surface area contributed by atoms with Gasteiger partial charge in [-0.1, -0.05) is 30.3 Å². The van der Waals surface area contributed by atoms with Gasteiger partial charge in [0.1, 0.15) is 0 Å². The minimum absolute atomic E-state index is 0. The summed E-state index contributed by atoms with van der Waals surface area (Å²) in [6.07, 6.45) is 0.112. The zero-order chi connectivity index (χ0) is 7.40. The second-order valence-electron chi connectivity index (χ2n) is 2.06. The minimum atomic E-state index is -0.786. The molecule has 0 aliphatic heterocycles. The van der Waals surface area contributed by atoms with Crippen molar-refractivity contribution in [2.75, 3.05) is 0 Å². The van der Waals surface area contributed by atoms with Crippen LogP contribution in [0, 0.1) is 35.6 Å². The van der Waals surface area contributed by atoms with Crippen LogP contribution in [0.1, 0.15) is 5.56 Å². The second kappa shape index (κ2) is 5.52. The molecule has 1 aromatic rings. The molecule has 0 aliphatic carbocycles. The van der Waals surface area contributed by atoms with Gasteiger partial charge >= 0.3 is 5.97 Å². The third-order valence-corrected chi connectivity index (χ3v) is 1.20. The van der Waals surface area contributed by atoms with Crippen LogP contribution in [-0.4, -0.2) is 11.1 Å². The van der Waals surface area contributed by atoms with Crippen molar-refractivity contribution in [3.63, 3.8) is 0 Å². The van der Waals surface area contributed by atoms with Gasteiger partial charge in [0.15, 0.2) is 0 Å². The fourth-order valence-corrected chi connectivity index (χ4v) is 0.770. The molecule has 0 unspecified atom stereocenters. The number of aliphatic carboxylic acids is 1. The maximum absolute atomic E-state index is 10.2. The van der Waals surface area contributed by atoms with Gasteiger partial charge in [0.25, 0.3) is 0 Å². The van der Waals surface area contributed by atoms with Crippen molar-refractivity contribution in [1.29, 1.82) is 0 Å². The molecule has 0 saturated carbocycles. The zero-order valence-corrected chi connectivity index (χ0v) is 9.65. The largest absolute Gasteiger partial charge is 0.481 e. The van der Waals surface area contributed by atoms with Crippen LogP contribution < -0.4 is 0 Å². The molecule has 11 heavy (non-hydrogen) atoms. The third-order valence-electron chi connectivity index (χ3n) is 1.20. The topological polar surface area (TPSA) is 37.3 Å². The predicted molar refractivity (Wildman–Crippen MR) is 37.8 cm³/mol. The standard InChI is InChI=1S/C8H8O2.La/c9-8(10)6-7-4-2-1-3-5-7;/h1-5H,6H2,(H,9,10);. The predicted octanol–water partition coefficient (Wildman–Crippen LogP) is 1.31. The first kappa shape index (κ1) is 10.9. The van der Waals surface area contributed by atoms with Gasteiger partial charge < -0.3 is 5.11 Å².